The van der Waals surface area contributed by atoms with Crippen LogP contribution in [0.4, 0.5) is 0 Å². The highest BCUT2D eigenvalue weighted by Crippen LogP contribution is 2.39. The molecule has 2 heterocycles. The number of nitrogens with zero attached hydrogens (tertiary/aromatic N) is 1. The molecule has 0 aromatic carbocycles. The van der Waals surface area contributed by atoms with E-state index in [-0.39, 0.29) is 7.43 Å². The van der Waals surface area contributed by atoms with Gasteiger partial charge in [0, 0.05) is 6.54 Å². The summed E-state index contributed by atoms with van der Waals surface area (Å²) in [7, 11) is -2.30. The summed E-state index contributed by atoms with van der Waals surface area (Å²) in [4.78, 5) is 11.9. The summed E-state index contributed by atoms with van der Waals surface area (Å²) >= 11 is 0. The Labute approximate surface area is 108 Å². The summed E-state index contributed by atoms with van der Waals surface area (Å²) in [6, 6.07) is 0. The molecule has 2 rings (SSSR count). The zero-order valence-corrected chi connectivity index (χ0v) is 10.8. The van der Waals surface area contributed by atoms with Gasteiger partial charge in [-0.2, -0.15) is 17.8 Å². The Morgan fingerprint density at radius 3 is 2.72 bits per heavy atom. The van der Waals surface area contributed by atoms with Crippen molar-refractivity contribution < 1.29 is 22.2 Å². The van der Waals surface area contributed by atoms with Crippen molar-refractivity contribution in [3.63, 3.8) is 0 Å². The smallest absolute Gasteiger partial charge is 0.328 e. The molecule has 0 N–H and O–H groups in total. The van der Waals surface area contributed by atoms with Crippen molar-refractivity contribution in [3.8, 4) is 0 Å². The average Bonchev–Trinajstić information content (AvgIpc) is 2.64. The Morgan fingerprint density at radius 2 is 2.11 bits per heavy atom. The molecule has 2 unspecified atom stereocenters. The van der Waals surface area contributed by atoms with Crippen molar-refractivity contribution in [2.24, 2.45) is 0 Å². The number of rotatable bonds is 1. The minimum absolute atomic E-state index is 0. The van der Waals surface area contributed by atoms with Crippen LogP contribution in [0.1, 0.15) is 40.0 Å². The number of ether oxygens (including phenoxy) is 1. The fraction of sp³-hybridized carbons (Fsp3) is 0.909. The van der Waals surface area contributed by atoms with Crippen LogP contribution in [-0.2, 0) is 23.9 Å². The number of carbonyl (C=O) groups is 1. The maximum atomic E-state index is 11.9. The highest BCUT2D eigenvalue weighted by atomic mass is 32.2. The van der Waals surface area contributed by atoms with Gasteiger partial charge < -0.3 is 4.74 Å². The fourth-order valence-electron chi connectivity index (χ4n) is 2.49. The number of methoxy groups -OCH3 is 1. The van der Waals surface area contributed by atoms with Crippen molar-refractivity contribution in [2.75, 3.05) is 13.7 Å². The lowest BCUT2D eigenvalue weighted by atomic mass is 9.91. The van der Waals surface area contributed by atoms with Crippen LogP contribution in [0.5, 0.6) is 0 Å². The van der Waals surface area contributed by atoms with Gasteiger partial charge in [0.2, 0.25) is 0 Å². The third-order valence-electron chi connectivity index (χ3n) is 3.65. The quantitative estimate of drug-likeness (QED) is 0.669. The monoisotopic (exact) mass is 279 g/mol. The largest absolute Gasteiger partial charge is 0.468 e. The van der Waals surface area contributed by atoms with Crippen LogP contribution in [0.2, 0.25) is 0 Å². The standard InChI is InChI=1S/C10H17NO5S.CH4/c1-8-4-6-10(9(12)15-2)5-3-7-11(10)16-17(8,13)14;/h8H,3-7H2,1-2H3;1H4. The average molecular weight is 279 g/mol. The molecule has 0 radical (unpaired) electrons. The SMILES string of the molecule is C.COC(=O)C12CCCN1OS(=O)(=O)C(C)CC2. The van der Waals surface area contributed by atoms with Gasteiger partial charge in [0.15, 0.2) is 0 Å². The first-order valence-electron chi connectivity index (χ1n) is 5.72. The van der Waals surface area contributed by atoms with Crippen LogP contribution in [0.25, 0.3) is 0 Å². The van der Waals surface area contributed by atoms with Gasteiger partial charge in [-0.05, 0) is 32.6 Å². The van der Waals surface area contributed by atoms with Gasteiger partial charge in [-0.3, -0.25) is 0 Å². The summed E-state index contributed by atoms with van der Waals surface area (Å²) < 4.78 is 33.4. The topological polar surface area (TPSA) is 72.9 Å². The highest BCUT2D eigenvalue weighted by Gasteiger charge is 2.53. The minimum atomic E-state index is -3.61. The Bertz CT molecular complexity index is 421. The van der Waals surface area contributed by atoms with Crippen molar-refractivity contribution in [2.45, 2.75) is 50.8 Å². The van der Waals surface area contributed by atoms with E-state index in [0.717, 1.165) is 6.42 Å². The lowest BCUT2D eigenvalue weighted by Gasteiger charge is -2.31. The first-order valence-corrected chi connectivity index (χ1v) is 7.19. The molecular formula is C11H21NO5S. The van der Waals surface area contributed by atoms with Crippen molar-refractivity contribution in [1.82, 2.24) is 5.06 Å². The zero-order chi connectivity index (χ0) is 12.7. The van der Waals surface area contributed by atoms with Gasteiger partial charge in [0.25, 0.3) is 10.1 Å². The van der Waals surface area contributed by atoms with Gasteiger partial charge >= 0.3 is 5.97 Å². The number of fused-ring (bicyclic) bond motifs is 1. The molecule has 0 bridgehead atoms. The molecular weight excluding hydrogens is 258 g/mol. The second kappa shape index (κ2) is 5.14. The second-order valence-electron chi connectivity index (χ2n) is 4.65. The van der Waals surface area contributed by atoms with E-state index < -0.39 is 26.9 Å². The second-order valence-corrected chi connectivity index (χ2v) is 6.58. The number of hydrogen-bond donors (Lipinski definition) is 0. The molecule has 0 aromatic heterocycles. The highest BCUT2D eigenvalue weighted by molar-refractivity contribution is 7.87. The summed E-state index contributed by atoms with van der Waals surface area (Å²) in [6.45, 7) is 2.05. The van der Waals surface area contributed by atoms with Crippen LogP contribution in [-0.4, -0.2) is 43.9 Å². The van der Waals surface area contributed by atoms with Gasteiger partial charge in [0.1, 0.15) is 5.54 Å². The molecule has 2 aliphatic rings. The molecule has 0 amide bonds. The molecule has 2 aliphatic heterocycles. The molecule has 18 heavy (non-hydrogen) atoms. The number of hydroxylamine groups is 2. The molecule has 0 saturated carbocycles. The Hall–Kier alpha value is -0.660. The van der Waals surface area contributed by atoms with Gasteiger partial charge in [-0.15, -0.1) is 0 Å². The molecule has 2 atom stereocenters. The van der Waals surface area contributed by atoms with Crippen LogP contribution < -0.4 is 0 Å². The molecule has 2 fully saturated rings. The Balaban J connectivity index is 0.00000162. The van der Waals surface area contributed by atoms with Crippen molar-refractivity contribution in [1.29, 1.82) is 0 Å². The predicted octanol–water partition coefficient (Wildman–Crippen LogP) is 1.07. The zero-order valence-electron chi connectivity index (χ0n) is 10.0. The van der Waals surface area contributed by atoms with E-state index in [1.165, 1.54) is 12.2 Å². The molecule has 0 aliphatic carbocycles. The van der Waals surface area contributed by atoms with E-state index in [1.54, 1.807) is 6.92 Å². The molecule has 7 heteroatoms. The van der Waals surface area contributed by atoms with E-state index in [1.807, 2.05) is 0 Å². The van der Waals surface area contributed by atoms with Gasteiger partial charge in [-0.25, -0.2) is 4.79 Å². The molecule has 2 saturated heterocycles. The summed E-state index contributed by atoms with van der Waals surface area (Å²) in [5.41, 5.74) is -0.910. The first-order chi connectivity index (χ1) is 7.92. The van der Waals surface area contributed by atoms with E-state index in [0.29, 0.717) is 25.8 Å². The van der Waals surface area contributed by atoms with E-state index >= 15 is 0 Å². The van der Waals surface area contributed by atoms with Crippen molar-refractivity contribution >= 4 is 16.1 Å². The minimum Gasteiger partial charge on any atom is -0.468 e. The number of carbonyl (C=O) groups excluding carboxylic acids is 1. The normalized spacial score (nSPS) is 35.1. The maximum absolute atomic E-state index is 11.9. The van der Waals surface area contributed by atoms with E-state index in [2.05, 4.69) is 0 Å². The van der Waals surface area contributed by atoms with Crippen molar-refractivity contribution in [3.05, 3.63) is 0 Å². The van der Waals surface area contributed by atoms with Gasteiger partial charge in [-0.1, -0.05) is 7.43 Å². The lowest BCUT2D eigenvalue weighted by molar-refractivity contribution is -0.175. The van der Waals surface area contributed by atoms with Crippen LogP contribution >= 0.6 is 0 Å². The molecule has 0 spiro atoms. The Kier molecular flexibility index (Phi) is 4.40. The third kappa shape index (κ3) is 2.26. The summed E-state index contributed by atoms with van der Waals surface area (Å²) in [5, 5.41) is 0.715. The van der Waals surface area contributed by atoms with Crippen LogP contribution in [0, 0.1) is 0 Å². The predicted molar refractivity (Wildman–Crippen MR) is 66.1 cm³/mol. The Morgan fingerprint density at radius 1 is 1.44 bits per heavy atom. The number of hydrogen-bond acceptors (Lipinski definition) is 6. The molecule has 6 nitrogen and oxygen atoms in total. The van der Waals surface area contributed by atoms with Gasteiger partial charge in [0.05, 0.1) is 12.4 Å². The fourth-order valence-corrected chi connectivity index (χ4v) is 3.51. The lowest BCUT2D eigenvalue weighted by Crippen LogP contribution is -2.50. The molecule has 0 aromatic rings. The summed E-state index contributed by atoms with van der Waals surface area (Å²) in [6.07, 6.45) is 2.19. The third-order valence-corrected chi connectivity index (χ3v) is 5.25. The summed E-state index contributed by atoms with van der Waals surface area (Å²) in [5.74, 6) is -0.403. The van der Waals surface area contributed by atoms with Crippen LogP contribution in [0.15, 0.2) is 0 Å². The number of esters is 1. The van der Waals surface area contributed by atoms with E-state index in [4.69, 9.17) is 9.02 Å². The van der Waals surface area contributed by atoms with E-state index in [9.17, 15) is 13.2 Å². The van der Waals surface area contributed by atoms with Crippen LogP contribution in [0.3, 0.4) is 0 Å². The molecule has 106 valence electrons. The maximum Gasteiger partial charge on any atom is 0.328 e. The first kappa shape index (κ1) is 15.4.